The van der Waals surface area contributed by atoms with Crippen LogP contribution in [0.2, 0.25) is 0 Å². The first-order chi connectivity index (χ1) is 16.5. The lowest BCUT2D eigenvalue weighted by Gasteiger charge is -2.09. The van der Waals surface area contributed by atoms with Gasteiger partial charge in [0.25, 0.3) is 5.89 Å². The molecule has 0 radical (unpaired) electrons. The summed E-state index contributed by atoms with van der Waals surface area (Å²) in [7, 11) is 1.64. The second-order valence-corrected chi connectivity index (χ2v) is 8.92. The number of halogens is 1. The van der Waals surface area contributed by atoms with E-state index in [-0.39, 0.29) is 18.1 Å². The van der Waals surface area contributed by atoms with Gasteiger partial charge in [0.1, 0.15) is 11.4 Å². The Morgan fingerprint density at radius 3 is 2.65 bits per heavy atom. The maximum absolute atomic E-state index is 13.2. The highest BCUT2D eigenvalue weighted by atomic mass is 79.9. The Kier molecular flexibility index (Phi) is 6.02. The average molecular weight is 516 g/mol. The molecular formula is C27H22BrN3O3. The van der Waals surface area contributed by atoms with Gasteiger partial charge in [-0.1, -0.05) is 34.1 Å². The molecular weight excluding hydrogens is 494 g/mol. The van der Waals surface area contributed by atoms with Crippen molar-refractivity contribution >= 4 is 32.6 Å². The Morgan fingerprint density at radius 2 is 1.91 bits per heavy atom. The van der Waals surface area contributed by atoms with Crippen LogP contribution in [0.25, 0.3) is 22.4 Å². The summed E-state index contributed by atoms with van der Waals surface area (Å²) in [6.45, 7) is 2.74. The molecule has 0 N–H and O–H groups in total. The van der Waals surface area contributed by atoms with Crippen LogP contribution in [-0.4, -0.2) is 27.4 Å². The van der Waals surface area contributed by atoms with Gasteiger partial charge in [0, 0.05) is 40.2 Å². The summed E-state index contributed by atoms with van der Waals surface area (Å²) in [5, 5.41) is 0.985. The minimum atomic E-state index is -0.184. The van der Waals surface area contributed by atoms with Gasteiger partial charge in [0.2, 0.25) is 5.78 Å². The molecule has 170 valence electrons. The quantitative estimate of drug-likeness (QED) is 0.240. The molecule has 0 amide bonds. The zero-order chi connectivity index (χ0) is 23.7. The molecule has 0 atom stereocenters. The van der Waals surface area contributed by atoms with Gasteiger partial charge in [0.05, 0.1) is 13.3 Å². The normalized spacial score (nSPS) is 11.1. The molecule has 0 saturated carbocycles. The lowest BCUT2D eigenvalue weighted by atomic mass is 10.0. The molecule has 7 heteroatoms. The number of hydrogen-bond acceptors (Lipinski definition) is 5. The molecule has 6 nitrogen and oxygen atoms in total. The summed E-state index contributed by atoms with van der Waals surface area (Å²) >= 11 is 3.49. The monoisotopic (exact) mass is 515 g/mol. The number of pyridine rings is 1. The maximum Gasteiger partial charge on any atom is 0.264 e. The molecule has 0 bridgehead atoms. The molecule has 5 rings (SSSR count). The Morgan fingerprint density at radius 1 is 1.09 bits per heavy atom. The van der Waals surface area contributed by atoms with Crippen LogP contribution in [0, 0.1) is 6.92 Å². The lowest BCUT2D eigenvalue weighted by Crippen LogP contribution is -2.06. The molecule has 34 heavy (non-hydrogen) atoms. The molecule has 5 aromatic rings. The van der Waals surface area contributed by atoms with Crippen LogP contribution in [0.1, 0.15) is 27.5 Å². The molecule has 0 saturated heterocycles. The van der Waals surface area contributed by atoms with Gasteiger partial charge in [-0.3, -0.25) is 9.78 Å². The fraction of sp³-hybridized carbons (Fsp3) is 0.148. The molecule has 0 aliphatic carbocycles. The van der Waals surface area contributed by atoms with Crippen molar-refractivity contribution < 1.29 is 13.9 Å². The number of ether oxygens (including phenoxy) is 1. The number of carbonyl (C=O) groups is 1. The molecule has 0 spiro atoms. The summed E-state index contributed by atoms with van der Waals surface area (Å²) < 4.78 is 14.5. The second kappa shape index (κ2) is 9.27. The van der Waals surface area contributed by atoms with E-state index in [9.17, 15) is 4.79 Å². The van der Waals surface area contributed by atoms with Crippen molar-refractivity contribution in [2.75, 3.05) is 7.11 Å². The van der Waals surface area contributed by atoms with Crippen LogP contribution >= 0.6 is 15.9 Å². The van der Waals surface area contributed by atoms with Crippen LogP contribution in [0.4, 0.5) is 0 Å². The van der Waals surface area contributed by atoms with Crippen molar-refractivity contribution in [1.82, 2.24) is 14.5 Å². The number of carbonyl (C=O) groups excluding carboxylic acids is 1. The number of methoxy groups -OCH3 is 1. The van der Waals surface area contributed by atoms with E-state index in [0.717, 1.165) is 32.4 Å². The minimum absolute atomic E-state index is 0.0803. The van der Waals surface area contributed by atoms with Gasteiger partial charge in [-0.2, -0.15) is 0 Å². The largest absolute Gasteiger partial charge is 0.497 e. The number of hydrogen-bond donors (Lipinski definition) is 0. The number of nitrogens with zero attached hydrogens (tertiary/aromatic N) is 3. The average Bonchev–Trinajstić information content (AvgIpc) is 3.46. The van der Waals surface area contributed by atoms with Crippen molar-refractivity contribution in [2.24, 2.45) is 0 Å². The highest BCUT2D eigenvalue weighted by Crippen LogP contribution is 2.31. The molecule has 0 fully saturated rings. The van der Waals surface area contributed by atoms with E-state index in [1.165, 1.54) is 5.56 Å². The smallest absolute Gasteiger partial charge is 0.264 e. The van der Waals surface area contributed by atoms with E-state index in [4.69, 9.17) is 9.15 Å². The van der Waals surface area contributed by atoms with Gasteiger partial charge in [-0.15, -0.1) is 0 Å². The summed E-state index contributed by atoms with van der Waals surface area (Å²) in [6, 6.07) is 19.7. The predicted octanol–water partition coefficient (Wildman–Crippen LogP) is 6.24. The van der Waals surface area contributed by atoms with E-state index in [1.807, 2.05) is 55.5 Å². The zero-order valence-corrected chi connectivity index (χ0v) is 20.4. The van der Waals surface area contributed by atoms with Gasteiger partial charge in [-0.25, -0.2) is 4.98 Å². The van der Waals surface area contributed by atoms with E-state index < -0.39 is 0 Å². The van der Waals surface area contributed by atoms with E-state index >= 15 is 0 Å². The van der Waals surface area contributed by atoms with Crippen LogP contribution in [0.3, 0.4) is 0 Å². The molecule has 0 aliphatic rings. The summed E-state index contributed by atoms with van der Waals surface area (Å²) in [5.74, 6) is 1.11. The van der Waals surface area contributed by atoms with Crippen molar-refractivity contribution in [3.63, 3.8) is 0 Å². The first-order valence-electron chi connectivity index (χ1n) is 10.8. The molecule has 0 unspecified atom stereocenters. The number of oxazole rings is 1. The first kappa shape index (κ1) is 22.1. The van der Waals surface area contributed by atoms with Gasteiger partial charge in [0.15, 0.2) is 5.76 Å². The van der Waals surface area contributed by atoms with Crippen LogP contribution in [-0.2, 0) is 13.0 Å². The summed E-state index contributed by atoms with van der Waals surface area (Å²) in [4.78, 5) is 21.7. The van der Waals surface area contributed by atoms with Crippen molar-refractivity contribution in [2.45, 2.75) is 19.9 Å². The van der Waals surface area contributed by atoms with Crippen LogP contribution < -0.4 is 4.74 Å². The fourth-order valence-corrected chi connectivity index (χ4v) is 4.39. The zero-order valence-electron chi connectivity index (χ0n) is 18.8. The predicted molar refractivity (Wildman–Crippen MR) is 134 cm³/mol. The van der Waals surface area contributed by atoms with Gasteiger partial charge in [-0.05, 0) is 60.5 Å². The van der Waals surface area contributed by atoms with Crippen molar-refractivity contribution in [3.05, 3.63) is 100 Å². The molecule has 3 aromatic heterocycles. The van der Waals surface area contributed by atoms with E-state index in [1.54, 1.807) is 19.5 Å². The number of fused-ring (bicyclic) bond motifs is 1. The Balaban J connectivity index is 1.51. The summed E-state index contributed by atoms with van der Waals surface area (Å²) in [5.41, 5.74) is 4.82. The van der Waals surface area contributed by atoms with E-state index in [2.05, 4.69) is 42.6 Å². The third-order valence-corrected chi connectivity index (χ3v) is 6.44. The number of benzene rings is 2. The summed E-state index contributed by atoms with van der Waals surface area (Å²) in [6.07, 6.45) is 3.39. The minimum Gasteiger partial charge on any atom is -0.497 e. The van der Waals surface area contributed by atoms with E-state index in [0.29, 0.717) is 18.0 Å². The Hall–Kier alpha value is -3.71. The number of aromatic nitrogens is 3. The highest BCUT2D eigenvalue weighted by Gasteiger charge is 2.21. The number of Topliss-reactive ketones (excluding diaryl/α,β-unsaturated/α-hetero) is 1. The number of rotatable bonds is 7. The van der Waals surface area contributed by atoms with Crippen LogP contribution in [0.15, 0.2) is 81.9 Å². The second-order valence-electron chi connectivity index (χ2n) is 8.00. The van der Waals surface area contributed by atoms with Crippen molar-refractivity contribution in [3.8, 4) is 17.2 Å². The third-order valence-electron chi connectivity index (χ3n) is 5.91. The lowest BCUT2D eigenvalue weighted by molar-refractivity contribution is 0.0960. The molecule has 3 heterocycles. The third kappa shape index (κ3) is 4.26. The molecule has 2 aromatic carbocycles. The SMILES string of the molecule is COc1ccc2c(c1)c(CC(=O)c1ncc(-c3ccccn3)o1)c(C)n2Cc1ccc(Br)cc1. The van der Waals surface area contributed by atoms with Gasteiger partial charge >= 0.3 is 0 Å². The van der Waals surface area contributed by atoms with Crippen LogP contribution in [0.5, 0.6) is 5.75 Å². The van der Waals surface area contributed by atoms with Crippen molar-refractivity contribution in [1.29, 1.82) is 0 Å². The van der Waals surface area contributed by atoms with Gasteiger partial charge < -0.3 is 13.7 Å². The Bertz CT molecular complexity index is 1470. The maximum atomic E-state index is 13.2. The first-order valence-corrected chi connectivity index (χ1v) is 11.6. The topological polar surface area (TPSA) is 70.2 Å². The highest BCUT2D eigenvalue weighted by molar-refractivity contribution is 9.10. The Labute approximate surface area is 205 Å². The number of ketones is 1. The standard InChI is InChI=1S/C27H22BrN3O3/c1-17-21(14-25(32)27-30-15-26(34-27)23-5-3-4-12-29-23)22-13-20(33-2)10-11-24(22)31(17)16-18-6-8-19(28)9-7-18/h3-13,15H,14,16H2,1-2H3. The fourth-order valence-electron chi connectivity index (χ4n) is 4.12. The molecule has 0 aliphatic heterocycles.